The molecule has 3 heteroatoms. The Morgan fingerprint density at radius 2 is 2.29 bits per heavy atom. The standard InChI is InChI=1S/C18H22N2O/c1-2-10-20-18(17-7-3-4-12-21-17)15-8-9-16-14(13-15)6-5-11-19-16/h5-9,11,13,18,20H,2-4,10,12H2,1H3. The van der Waals surface area contributed by atoms with Crippen LogP contribution in [0, 0.1) is 0 Å². The van der Waals surface area contributed by atoms with E-state index in [1.54, 1.807) is 0 Å². The molecule has 2 heterocycles. The highest BCUT2D eigenvalue weighted by Gasteiger charge is 2.19. The van der Waals surface area contributed by atoms with E-state index < -0.39 is 0 Å². The molecule has 0 saturated heterocycles. The lowest BCUT2D eigenvalue weighted by molar-refractivity contribution is 0.167. The van der Waals surface area contributed by atoms with Crippen LogP contribution >= 0.6 is 0 Å². The van der Waals surface area contributed by atoms with Crippen molar-refractivity contribution < 1.29 is 4.74 Å². The number of fused-ring (bicyclic) bond motifs is 1. The first-order chi connectivity index (χ1) is 10.4. The van der Waals surface area contributed by atoms with Gasteiger partial charge in [0, 0.05) is 11.6 Å². The number of ether oxygens (including phenoxy) is 1. The molecule has 1 N–H and O–H groups in total. The molecule has 21 heavy (non-hydrogen) atoms. The van der Waals surface area contributed by atoms with Crippen LogP contribution in [0.3, 0.4) is 0 Å². The minimum Gasteiger partial charge on any atom is -0.496 e. The third-order valence-electron chi connectivity index (χ3n) is 3.81. The van der Waals surface area contributed by atoms with Crippen LogP contribution in [-0.4, -0.2) is 18.1 Å². The molecule has 1 aliphatic rings. The number of allylic oxidation sites excluding steroid dienone is 1. The zero-order chi connectivity index (χ0) is 14.5. The fourth-order valence-electron chi connectivity index (χ4n) is 2.72. The van der Waals surface area contributed by atoms with E-state index in [1.807, 2.05) is 12.3 Å². The van der Waals surface area contributed by atoms with Gasteiger partial charge < -0.3 is 10.1 Å². The molecule has 110 valence electrons. The normalized spacial score (nSPS) is 16.3. The largest absolute Gasteiger partial charge is 0.496 e. The van der Waals surface area contributed by atoms with Crippen molar-refractivity contribution in [3.05, 3.63) is 53.9 Å². The molecule has 0 radical (unpaired) electrons. The summed E-state index contributed by atoms with van der Waals surface area (Å²) < 4.78 is 5.89. The third kappa shape index (κ3) is 3.24. The van der Waals surface area contributed by atoms with Gasteiger partial charge in [-0.1, -0.05) is 19.1 Å². The Bertz CT molecular complexity index is 636. The van der Waals surface area contributed by atoms with Gasteiger partial charge >= 0.3 is 0 Å². The smallest absolute Gasteiger partial charge is 0.113 e. The van der Waals surface area contributed by atoms with Crippen LogP contribution in [0.25, 0.3) is 10.9 Å². The Balaban J connectivity index is 1.94. The number of pyridine rings is 1. The lowest BCUT2D eigenvalue weighted by Crippen LogP contribution is -2.26. The van der Waals surface area contributed by atoms with Gasteiger partial charge in [0.25, 0.3) is 0 Å². The van der Waals surface area contributed by atoms with E-state index in [9.17, 15) is 0 Å². The average Bonchev–Trinajstić information content (AvgIpc) is 2.56. The number of hydrogen-bond acceptors (Lipinski definition) is 3. The quantitative estimate of drug-likeness (QED) is 0.901. The third-order valence-corrected chi connectivity index (χ3v) is 3.81. The Morgan fingerprint density at radius 3 is 3.10 bits per heavy atom. The van der Waals surface area contributed by atoms with Gasteiger partial charge in [0.2, 0.25) is 0 Å². The number of rotatable bonds is 5. The predicted octanol–water partition coefficient (Wildman–Crippen LogP) is 3.97. The van der Waals surface area contributed by atoms with Crippen molar-refractivity contribution in [3.8, 4) is 0 Å². The lowest BCUT2D eigenvalue weighted by atomic mass is 10.0. The Kier molecular flexibility index (Phi) is 4.51. The molecule has 0 fully saturated rings. The van der Waals surface area contributed by atoms with Crippen LogP contribution in [0.2, 0.25) is 0 Å². The van der Waals surface area contributed by atoms with Crippen LogP contribution in [0.5, 0.6) is 0 Å². The van der Waals surface area contributed by atoms with Crippen molar-refractivity contribution >= 4 is 10.9 Å². The van der Waals surface area contributed by atoms with Gasteiger partial charge in [-0.15, -0.1) is 0 Å². The number of aromatic nitrogens is 1. The summed E-state index contributed by atoms with van der Waals surface area (Å²) in [7, 11) is 0. The van der Waals surface area contributed by atoms with Crippen molar-refractivity contribution in [2.24, 2.45) is 0 Å². The Morgan fingerprint density at radius 1 is 1.33 bits per heavy atom. The first kappa shape index (κ1) is 14.1. The van der Waals surface area contributed by atoms with E-state index in [-0.39, 0.29) is 6.04 Å². The van der Waals surface area contributed by atoms with Gasteiger partial charge in [-0.05, 0) is 55.6 Å². The average molecular weight is 282 g/mol. The van der Waals surface area contributed by atoms with Crippen LogP contribution in [0.15, 0.2) is 48.4 Å². The van der Waals surface area contributed by atoms with Gasteiger partial charge in [-0.2, -0.15) is 0 Å². The number of benzene rings is 1. The summed E-state index contributed by atoms with van der Waals surface area (Å²) in [5, 5.41) is 4.78. The molecule has 1 aromatic carbocycles. The van der Waals surface area contributed by atoms with E-state index in [0.29, 0.717) is 0 Å². The highest BCUT2D eigenvalue weighted by atomic mass is 16.5. The highest BCUT2D eigenvalue weighted by molar-refractivity contribution is 5.79. The predicted molar refractivity (Wildman–Crippen MR) is 86.0 cm³/mol. The van der Waals surface area contributed by atoms with Gasteiger partial charge in [0.15, 0.2) is 0 Å². The summed E-state index contributed by atoms with van der Waals surface area (Å²) in [6, 6.07) is 10.7. The van der Waals surface area contributed by atoms with Crippen molar-refractivity contribution in [1.82, 2.24) is 10.3 Å². The minimum absolute atomic E-state index is 0.148. The second kappa shape index (κ2) is 6.72. The van der Waals surface area contributed by atoms with Crippen molar-refractivity contribution in [3.63, 3.8) is 0 Å². The maximum Gasteiger partial charge on any atom is 0.113 e. The van der Waals surface area contributed by atoms with Crippen molar-refractivity contribution in [2.75, 3.05) is 13.2 Å². The zero-order valence-corrected chi connectivity index (χ0v) is 12.5. The molecule has 1 unspecified atom stereocenters. The SMILES string of the molecule is CCCNC(C1=CCCCO1)c1ccc2ncccc2c1. The summed E-state index contributed by atoms with van der Waals surface area (Å²) in [6.07, 6.45) is 7.39. The fourth-order valence-corrected chi connectivity index (χ4v) is 2.72. The van der Waals surface area contributed by atoms with E-state index in [4.69, 9.17) is 4.74 Å². The van der Waals surface area contributed by atoms with E-state index in [0.717, 1.165) is 43.7 Å². The van der Waals surface area contributed by atoms with Gasteiger partial charge in [-0.25, -0.2) is 0 Å². The van der Waals surface area contributed by atoms with Gasteiger partial charge in [0.1, 0.15) is 5.76 Å². The van der Waals surface area contributed by atoms with Crippen molar-refractivity contribution in [2.45, 2.75) is 32.2 Å². The molecular weight excluding hydrogens is 260 g/mol. The summed E-state index contributed by atoms with van der Waals surface area (Å²) in [6.45, 7) is 3.99. The summed E-state index contributed by atoms with van der Waals surface area (Å²) in [4.78, 5) is 4.39. The Labute approximate surface area is 126 Å². The second-order valence-corrected chi connectivity index (χ2v) is 5.44. The van der Waals surface area contributed by atoms with E-state index in [2.05, 4.69) is 47.6 Å². The molecule has 2 aromatic rings. The first-order valence-corrected chi connectivity index (χ1v) is 7.79. The molecular formula is C18H22N2O. The van der Waals surface area contributed by atoms with Crippen LogP contribution in [-0.2, 0) is 4.74 Å². The molecule has 3 nitrogen and oxygen atoms in total. The molecule has 1 aromatic heterocycles. The molecule has 0 aliphatic carbocycles. The molecule has 0 amide bonds. The fraction of sp³-hybridized carbons (Fsp3) is 0.389. The minimum atomic E-state index is 0.148. The monoisotopic (exact) mass is 282 g/mol. The van der Waals surface area contributed by atoms with Crippen LogP contribution in [0.1, 0.15) is 37.8 Å². The zero-order valence-electron chi connectivity index (χ0n) is 12.5. The van der Waals surface area contributed by atoms with Crippen LogP contribution < -0.4 is 5.32 Å². The van der Waals surface area contributed by atoms with Gasteiger partial charge in [-0.3, -0.25) is 4.98 Å². The van der Waals surface area contributed by atoms with Crippen LogP contribution in [0.4, 0.5) is 0 Å². The maximum absolute atomic E-state index is 5.89. The number of nitrogens with one attached hydrogen (secondary N) is 1. The highest BCUT2D eigenvalue weighted by Crippen LogP contribution is 2.28. The number of hydrogen-bond donors (Lipinski definition) is 1. The van der Waals surface area contributed by atoms with E-state index >= 15 is 0 Å². The molecule has 3 rings (SSSR count). The summed E-state index contributed by atoms with van der Waals surface area (Å²) in [5.74, 6) is 1.07. The van der Waals surface area contributed by atoms with Gasteiger partial charge in [0.05, 0.1) is 18.2 Å². The molecule has 1 atom stereocenters. The number of nitrogens with zero attached hydrogens (tertiary/aromatic N) is 1. The topological polar surface area (TPSA) is 34.1 Å². The summed E-state index contributed by atoms with van der Waals surface area (Å²) in [5.41, 5.74) is 2.28. The first-order valence-electron chi connectivity index (χ1n) is 7.79. The molecule has 0 saturated carbocycles. The van der Waals surface area contributed by atoms with Crippen molar-refractivity contribution in [1.29, 1.82) is 0 Å². The maximum atomic E-state index is 5.89. The molecule has 0 spiro atoms. The molecule has 1 aliphatic heterocycles. The Hall–Kier alpha value is -1.87. The molecule has 0 bridgehead atoms. The summed E-state index contributed by atoms with van der Waals surface area (Å²) >= 11 is 0. The second-order valence-electron chi connectivity index (χ2n) is 5.44. The van der Waals surface area contributed by atoms with E-state index in [1.165, 1.54) is 10.9 Å². The lowest BCUT2D eigenvalue weighted by Gasteiger charge is -2.25.